The second-order valence-corrected chi connectivity index (χ2v) is 5.57. The minimum absolute atomic E-state index is 0.165. The van der Waals surface area contributed by atoms with Gasteiger partial charge in [0.05, 0.1) is 7.11 Å². The van der Waals surface area contributed by atoms with E-state index in [-0.39, 0.29) is 17.0 Å². The largest absolute Gasteiger partial charge is 0.483 e. The van der Waals surface area contributed by atoms with Gasteiger partial charge in [0.15, 0.2) is 0 Å². The lowest BCUT2D eigenvalue weighted by molar-refractivity contribution is -0.268. The summed E-state index contributed by atoms with van der Waals surface area (Å²) in [6, 6.07) is 0. The number of carboxylic acids is 1. The zero-order chi connectivity index (χ0) is 11.9. The Morgan fingerprint density at radius 3 is 1.93 bits per heavy atom. The fourth-order valence-electron chi connectivity index (χ4n) is 2.94. The molecule has 1 aliphatic rings. The first-order valence-corrected chi connectivity index (χ1v) is 5.30. The molecule has 0 unspecified atom stereocenters. The standard InChI is InChI=1S/C11H21NO3/c1-10(2)6-8(9(13)14)7-11(3,4)12(10)15-5/h8H,6-7H2,1-5H3,(H,13,14)/p+1. The molecule has 88 valence electrons. The SMILES string of the molecule is CON1C(C)(C)CC(C(O)=[OH+])CC1(C)C. The number of carboxylic acid groups (broad SMARTS) is 1. The summed E-state index contributed by atoms with van der Waals surface area (Å²) >= 11 is 0. The van der Waals surface area contributed by atoms with Crippen molar-refractivity contribution in [1.29, 1.82) is 0 Å². The molecule has 0 aromatic carbocycles. The van der Waals surface area contributed by atoms with Crippen molar-refractivity contribution in [3.63, 3.8) is 0 Å². The lowest BCUT2D eigenvalue weighted by Gasteiger charge is -2.51. The normalized spacial score (nSPS) is 26.5. The van der Waals surface area contributed by atoms with Gasteiger partial charge in [0.2, 0.25) is 0 Å². The van der Waals surface area contributed by atoms with Crippen molar-refractivity contribution in [2.75, 3.05) is 7.11 Å². The zero-order valence-corrected chi connectivity index (χ0v) is 10.2. The quantitative estimate of drug-likeness (QED) is 0.717. The molecule has 0 amide bonds. The van der Waals surface area contributed by atoms with Crippen LogP contribution in [0, 0.1) is 5.92 Å². The van der Waals surface area contributed by atoms with Crippen LogP contribution in [0.5, 0.6) is 0 Å². The lowest BCUT2D eigenvalue weighted by Crippen LogP contribution is -2.60. The van der Waals surface area contributed by atoms with E-state index in [2.05, 4.69) is 0 Å². The van der Waals surface area contributed by atoms with Gasteiger partial charge in [0.25, 0.3) is 0 Å². The van der Waals surface area contributed by atoms with Gasteiger partial charge in [-0.05, 0) is 40.5 Å². The Balaban J connectivity index is 2.95. The molecule has 0 aliphatic carbocycles. The highest BCUT2D eigenvalue weighted by Crippen LogP contribution is 2.41. The van der Waals surface area contributed by atoms with Crippen molar-refractivity contribution < 1.29 is 14.7 Å². The Bertz CT molecular complexity index is 243. The third-order valence-electron chi connectivity index (χ3n) is 3.14. The third kappa shape index (κ3) is 2.32. The number of piperidine rings is 1. The van der Waals surface area contributed by atoms with Crippen molar-refractivity contribution in [3.8, 4) is 0 Å². The fraction of sp³-hybridized carbons (Fsp3) is 0.909. The van der Waals surface area contributed by atoms with Crippen LogP contribution in [-0.4, -0.2) is 39.1 Å². The molecule has 4 heteroatoms. The number of hydrogen-bond acceptors (Lipinski definition) is 2. The number of hydroxylamine groups is 2. The molecular formula is C11H22NO3+. The van der Waals surface area contributed by atoms with Gasteiger partial charge < -0.3 is 14.7 Å². The van der Waals surface area contributed by atoms with E-state index < -0.39 is 5.97 Å². The third-order valence-corrected chi connectivity index (χ3v) is 3.14. The molecular weight excluding hydrogens is 194 g/mol. The van der Waals surface area contributed by atoms with Gasteiger partial charge in [-0.15, -0.1) is 0 Å². The monoisotopic (exact) mass is 216 g/mol. The molecule has 0 atom stereocenters. The summed E-state index contributed by atoms with van der Waals surface area (Å²) in [6.45, 7) is 8.20. The lowest BCUT2D eigenvalue weighted by atomic mass is 9.75. The predicted octanol–water partition coefficient (Wildman–Crippen LogP) is 1.88. The van der Waals surface area contributed by atoms with E-state index in [0.29, 0.717) is 12.8 Å². The Morgan fingerprint density at radius 1 is 1.27 bits per heavy atom. The summed E-state index contributed by atoms with van der Waals surface area (Å²) in [6.07, 6.45) is 1.37. The summed E-state index contributed by atoms with van der Waals surface area (Å²) in [4.78, 5) is 14.6. The summed E-state index contributed by atoms with van der Waals surface area (Å²) in [5.74, 6) is -0.617. The highest BCUT2D eigenvalue weighted by atomic mass is 16.7. The van der Waals surface area contributed by atoms with Gasteiger partial charge in [-0.25, -0.2) is 0 Å². The van der Waals surface area contributed by atoms with Crippen LogP contribution in [-0.2, 0) is 4.84 Å². The van der Waals surface area contributed by atoms with Crippen molar-refractivity contribution in [1.82, 2.24) is 5.06 Å². The number of hydrogen-bond donors (Lipinski definition) is 1. The molecule has 0 aromatic heterocycles. The number of rotatable bonds is 2. The first-order valence-electron chi connectivity index (χ1n) is 5.30. The van der Waals surface area contributed by atoms with Crippen LogP contribution < -0.4 is 0 Å². The highest BCUT2D eigenvalue weighted by Gasteiger charge is 2.49. The van der Waals surface area contributed by atoms with E-state index in [1.807, 2.05) is 32.8 Å². The number of aliphatic hydroxyl groups excluding tert-OH is 1. The van der Waals surface area contributed by atoms with Crippen LogP contribution in [0.15, 0.2) is 0 Å². The molecule has 0 aromatic rings. The molecule has 1 rings (SSSR count). The first kappa shape index (κ1) is 12.5. The highest BCUT2D eigenvalue weighted by molar-refractivity contribution is 5.71. The van der Waals surface area contributed by atoms with Crippen LogP contribution >= 0.6 is 0 Å². The Morgan fingerprint density at radius 2 is 1.67 bits per heavy atom. The molecule has 0 saturated carbocycles. The number of nitrogens with zero attached hydrogens (tertiary/aromatic N) is 1. The maximum atomic E-state index is 9.21. The maximum absolute atomic E-state index is 9.21. The van der Waals surface area contributed by atoms with E-state index in [9.17, 15) is 9.90 Å². The van der Waals surface area contributed by atoms with Crippen molar-refractivity contribution in [2.24, 2.45) is 5.92 Å². The van der Waals surface area contributed by atoms with Crippen LogP contribution in [0.1, 0.15) is 40.5 Å². The Kier molecular flexibility index (Phi) is 3.12. The van der Waals surface area contributed by atoms with Gasteiger partial charge in [0, 0.05) is 11.1 Å². The van der Waals surface area contributed by atoms with Crippen molar-refractivity contribution >= 4 is 5.97 Å². The molecule has 15 heavy (non-hydrogen) atoms. The molecule has 1 heterocycles. The number of aliphatic carboxylic acids is 1. The van der Waals surface area contributed by atoms with E-state index in [0.717, 1.165) is 0 Å². The molecule has 1 saturated heterocycles. The van der Waals surface area contributed by atoms with Crippen LogP contribution in [0.4, 0.5) is 0 Å². The fourth-order valence-corrected chi connectivity index (χ4v) is 2.94. The van der Waals surface area contributed by atoms with Gasteiger partial charge in [-0.1, -0.05) is 0 Å². The van der Waals surface area contributed by atoms with Crippen molar-refractivity contribution in [3.05, 3.63) is 0 Å². The summed E-state index contributed by atoms with van der Waals surface area (Å²) in [5.41, 5.74) is -0.393. The molecule has 0 bridgehead atoms. The second kappa shape index (κ2) is 3.76. The van der Waals surface area contributed by atoms with Gasteiger partial charge in [0.1, 0.15) is 5.92 Å². The topological polar surface area (TPSA) is 54.1 Å². The molecule has 4 nitrogen and oxygen atoms in total. The Labute approximate surface area is 91.2 Å². The molecule has 0 spiro atoms. The van der Waals surface area contributed by atoms with E-state index >= 15 is 0 Å². The average molecular weight is 216 g/mol. The Hall–Kier alpha value is -0.610. The van der Waals surface area contributed by atoms with Crippen LogP contribution in [0.2, 0.25) is 0 Å². The summed E-state index contributed by atoms with van der Waals surface area (Å²) in [7, 11) is 1.66. The summed E-state index contributed by atoms with van der Waals surface area (Å²) in [5, 5.41) is 11.2. The average Bonchev–Trinajstić information content (AvgIpc) is 1.99. The molecule has 2 N–H and O–H groups in total. The maximum Gasteiger partial charge on any atom is 0.483 e. The molecule has 1 fully saturated rings. The minimum Gasteiger partial charge on any atom is -0.339 e. The first-order chi connectivity index (χ1) is 6.70. The van der Waals surface area contributed by atoms with Crippen molar-refractivity contribution in [2.45, 2.75) is 51.6 Å². The van der Waals surface area contributed by atoms with E-state index in [4.69, 9.17) is 4.84 Å². The summed E-state index contributed by atoms with van der Waals surface area (Å²) < 4.78 is 0. The predicted molar refractivity (Wildman–Crippen MR) is 59.3 cm³/mol. The van der Waals surface area contributed by atoms with E-state index in [1.54, 1.807) is 7.11 Å². The smallest absolute Gasteiger partial charge is 0.339 e. The second-order valence-electron chi connectivity index (χ2n) is 5.57. The van der Waals surface area contributed by atoms with Crippen LogP contribution in [0.25, 0.3) is 0 Å². The van der Waals surface area contributed by atoms with E-state index in [1.165, 1.54) is 0 Å². The van der Waals surface area contributed by atoms with Gasteiger partial charge in [-0.2, -0.15) is 5.06 Å². The minimum atomic E-state index is -0.452. The molecule has 1 aliphatic heterocycles. The van der Waals surface area contributed by atoms with Crippen LogP contribution in [0.3, 0.4) is 0 Å². The zero-order valence-electron chi connectivity index (χ0n) is 10.2. The molecule has 0 radical (unpaired) electrons. The van der Waals surface area contributed by atoms with Gasteiger partial charge in [-0.3, -0.25) is 0 Å². The van der Waals surface area contributed by atoms with Gasteiger partial charge >= 0.3 is 5.97 Å².